The Morgan fingerprint density at radius 2 is 1.92 bits per heavy atom. The number of nitrogens with one attached hydrogen (secondary N) is 1. The molecule has 1 N–H and O–H groups in total. The fourth-order valence-electron chi connectivity index (χ4n) is 2.53. The van der Waals surface area contributed by atoms with Crippen LogP contribution in [0.25, 0.3) is 22.0 Å². The van der Waals surface area contributed by atoms with Gasteiger partial charge in [0.15, 0.2) is 5.75 Å². The number of nitrogens with zero attached hydrogens (tertiary/aromatic N) is 2. The maximum Gasteiger partial charge on any atom is 0.413 e. The third-order valence-corrected chi connectivity index (χ3v) is 3.62. The van der Waals surface area contributed by atoms with E-state index in [0.717, 1.165) is 16.5 Å². The Balaban J connectivity index is 1.85. The first-order valence-electron chi connectivity index (χ1n) is 7.82. The fourth-order valence-corrected chi connectivity index (χ4v) is 2.53. The predicted molar refractivity (Wildman–Crippen MR) is 95.1 cm³/mol. The molecule has 0 fully saturated rings. The lowest BCUT2D eigenvalue weighted by Crippen LogP contribution is -2.42. The van der Waals surface area contributed by atoms with Crippen molar-refractivity contribution in [3.05, 3.63) is 48.9 Å². The van der Waals surface area contributed by atoms with Crippen LogP contribution in [0.1, 0.15) is 20.8 Å². The second-order valence-electron chi connectivity index (χ2n) is 6.87. The molecule has 5 nitrogen and oxygen atoms in total. The summed E-state index contributed by atoms with van der Waals surface area (Å²) in [5.41, 5.74) is 2.76. The van der Waals surface area contributed by atoms with Gasteiger partial charge in [0.25, 0.3) is 0 Å². The number of hydrogen-bond donors (Lipinski definition) is 1. The summed E-state index contributed by atoms with van der Waals surface area (Å²) < 4.78 is 7.40. The standard InChI is InChI=1S/C19H21N3O2/c1-19(2,3)21-18(23)24-16-10-15(11-20-12-16)13-5-6-17-14(9-13)7-8-22(17)4/h5-12H,1-4H3,(H,21,23). The zero-order valence-corrected chi connectivity index (χ0v) is 14.3. The minimum atomic E-state index is -0.486. The van der Waals surface area contributed by atoms with Crippen LogP contribution in [0.4, 0.5) is 4.79 Å². The van der Waals surface area contributed by atoms with Crippen molar-refractivity contribution in [3.63, 3.8) is 0 Å². The number of ether oxygens (including phenoxy) is 1. The van der Waals surface area contributed by atoms with E-state index >= 15 is 0 Å². The van der Waals surface area contributed by atoms with E-state index in [1.807, 2.05) is 46.1 Å². The van der Waals surface area contributed by atoms with Crippen LogP contribution in [-0.2, 0) is 7.05 Å². The molecular formula is C19H21N3O2. The summed E-state index contributed by atoms with van der Waals surface area (Å²) in [7, 11) is 2.02. The average molecular weight is 323 g/mol. The van der Waals surface area contributed by atoms with Crippen molar-refractivity contribution in [1.29, 1.82) is 0 Å². The average Bonchev–Trinajstić information content (AvgIpc) is 2.86. The van der Waals surface area contributed by atoms with E-state index in [1.165, 1.54) is 11.7 Å². The second kappa shape index (κ2) is 6.00. The Hall–Kier alpha value is -2.82. The molecule has 1 aromatic carbocycles. The summed E-state index contributed by atoms with van der Waals surface area (Å²) in [4.78, 5) is 16.1. The monoisotopic (exact) mass is 323 g/mol. The minimum Gasteiger partial charge on any atom is -0.409 e. The highest BCUT2D eigenvalue weighted by Crippen LogP contribution is 2.26. The Kier molecular flexibility index (Phi) is 4.01. The van der Waals surface area contributed by atoms with Gasteiger partial charge in [-0.15, -0.1) is 0 Å². The summed E-state index contributed by atoms with van der Waals surface area (Å²) in [5.74, 6) is 0.419. The maximum absolute atomic E-state index is 11.9. The molecule has 0 aliphatic heterocycles. The van der Waals surface area contributed by atoms with Crippen molar-refractivity contribution in [2.75, 3.05) is 0 Å². The summed E-state index contributed by atoms with van der Waals surface area (Å²) >= 11 is 0. The SMILES string of the molecule is Cn1ccc2cc(-c3cncc(OC(=O)NC(C)(C)C)c3)ccc21. The van der Waals surface area contributed by atoms with Crippen LogP contribution in [0, 0.1) is 0 Å². The molecule has 0 aliphatic rings. The van der Waals surface area contributed by atoms with Crippen molar-refractivity contribution in [1.82, 2.24) is 14.9 Å². The second-order valence-corrected chi connectivity index (χ2v) is 6.87. The number of benzene rings is 1. The van der Waals surface area contributed by atoms with Crippen LogP contribution in [0.3, 0.4) is 0 Å². The van der Waals surface area contributed by atoms with Gasteiger partial charge in [-0.2, -0.15) is 0 Å². The molecular weight excluding hydrogens is 302 g/mol. The lowest BCUT2D eigenvalue weighted by atomic mass is 10.1. The number of fused-ring (bicyclic) bond motifs is 1. The van der Waals surface area contributed by atoms with E-state index < -0.39 is 6.09 Å². The van der Waals surface area contributed by atoms with Crippen LogP contribution in [-0.4, -0.2) is 21.2 Å². The van der Waals surface area contributed by atoms with Crippen LogP contribution in [0.15, 0.2) is 48.9 Å². The van der Waals surface area contributed by atoms with Gasteiger partial charge in [-0.05, 0) is 50.6 Å². The van der Waals surface area contributed by atoms with Gasteiger partial charge in [-0.3, -0.25) is 4.98 Å². The van der Waals surface area contributed by atoms with Crippen LogP contribution < -0.4 is 10.1 Å². The molecule has 5 heteroatoms. The van der Waals surface area contributed by atoms with Crippen molar-refractivity contribution in [3.8, 4) is 16.9 Å². The lowest BCUT2D eigenvalue weighted by molar-refractivity contribution is 0.190. The van der Waals surface area contributed by atoms with E-state index in [1.54, 1.807) is 6.20 Å². The van der Waals surface area contributed by atoms with Crippen LogP contribution in [0.5, 0.6) is 5.75 Å². The van der Waals surface area contributed by atoms with Gasteiger partial charge in [0, 0.05) is 41.4 Å². The molecule has 0 spiro atoms. The summed E-state index contributed by atoms with van der Waals surface area (Å²) in [5, 5.41) is 3.92. The Morgan fingerprint density at radius 1 is 1.12 bits per heavy atom. The third kappa shape index (κ3) is 3.56. The van der Waals surface area contributed by atoms with Gasteiger partial charge in [-0.1, -0.05) is 6.07 Å². The molecule has 2 heterocycles. The van der Waals surface area contributed by atoms with Gasteiger partial charge in [0.1, 0.15) is 0 Å². The van der Waals surface area contributed by atoms with Crippen molar-refractivity contribution in [2.24, 2.45) is 7.05 Å². The first-order chi connectivity index (χ1) is 11.3. The van der Waals surface area contributed by atoms with Gasteiger partial charge in [-0.25, -0.2) is 4.79 Å². The molecule has 0 atom stereocenters. The van der Waals surface area contributed by atoms with Crippen molar-refractivity contribution in [2.45, 2.75) is 26.3 Å². The molecule has 1 amide bonds. The van der Waals surface area contributed by atoms with E-state index in [2.05, 4.69) is 33.1 Å². The van der Waals surface area contributed by atoms with E-state index in [0.29, 0.717) is 5.75 Å². The molecule has 0 radical (unpaired) electrons. The number of rotatable bonds is 2. The predicted octanol–water partition coefficient (Wildman–Crippen LogP) is 4.13. The van der Waals surface area contributed by atoms with Gasteiger partial charge in [0.2, 0.25) is 0 Å². The first kappa shape index (κ1) is 16.1. The summed E-state index contributed by atoms with van der Waals surface area (Å²) in [6.45, 7) is 5.70. The van der Waals surface area contributed by atoms with Crippen molar-refractivity contribution >= 4 is 17.0 Å². The number of aromatic nitrogens is 2. The number of carbonyl (C=O) groups excluding carboxylic acids is 1. The Bertz CT molecular complexity index is 891. The van der Waals surface area contributed by atoms with E-state index in [4.69, 9.17) is 4.74 Å². The van der Waals surface area contributed by atoms with Gasteiger partial charge >= 0.3 is 6.09 Å². The Labute approximate surface area is 141 Å². The number of aryl methyl sites for hydroxylation is 1. The molecule has 0 saturated carbocycles. The molecule has 124 valence electrons. The smallest absolute Gasteiger partial charge is 0.409 e. The molecule has 0 aliphatic carbocycles. The molecule has 24 heavy (non-hydrogen) atoms. The van der Waals surface area contributed by atoms with Gasteiger partial charge < -0.3 is 14.6 Å². The third-order valence-electron chi connectivity index (χ3n) is 3.62. The molecule has 3 rings (SSSR count). The molecule has 0 saturated heterocycles. The highest BCUT2D eigenvalue weighted by molar-refractivity contribution is 5.85. The van der Waals surface area contributed by atoms with Crippen LogP contribution >= 0.6 is 0 Å². The fraction of sp³-hybridized carbons (Fsp3) is 0.263. The molecule has 2 aromatic heterocycles. The number of pyridine rings is 1. The molecule has 0 bridgehead atoms. The highest BCUT2D eigenvalue weighted by Gasteiger charge is 2.15. The topological polar surface area (TPSA) is 56.2 Å². The zero-order valence-electron chi connectivity index (χ0n) is 14.3. The largest absolute Gasteiger partial charge is 0.413 e. The van der Waals surface area contributed by atoms with Crippen LogP contribution in [0.2, 0.25) is 0 Å². The lowest BCUT2D eigenvalue weighted by Gasteiger charge is -2.19. The zero-order chi connectivity index (χ0) is 17.3. The number of hydrogen-bond acceptors (Lipinski definition) is 3. The normalized spacial score (nSPS) is 11.5. The first-order valence-corrected chi connectivity index (χ1v) is 7.82. The highest BCUT2D eigenvalue weighted by atomic mass is 16.6. The summed E-state index contributed by atoms with van der Waals surface area (Å²) in [6.07, 6.45) is 4.84. The number of carbonyl (C=O) groups is 1. The summed E-state index contributed by atoms with van der Waals surface area (Å²) in [6, 6.07) is 10.1. The van der Waals surface area contributed by atoms with E-state index in [9.17, 15) is 4.79 Å². The number of amides is 1. The van der Waals surface area contributed by atoms with E-state index in [-0.39, 0.29) is 5.54 Å². The minimum absolute atomic E-state index is 0.347. The Morgan fingerprint density at radius 3 is 2.67 bits per heavy atom. The van der Waals surface area contributed by atoms with Crippen molar-refractivity contribution < 1.29 is 9.53 Å². The quantitative estimate of drug-likeness (QED) is 0.771. The molecule has 3 aromatic rings. The maximum atomic E-state index is 11.9. The van der Waals surface area contributed by atoms with Gasteiger partial charge in [0.05, 0.1) is 6.20 Å². The molecule has 0 unspecified atom stereocenters.